The van der Waals surface area contributed by atoms with E-state index in [1.165, 1.54) is 11.1 Å². The first kappa shape index (κ1) is 17.5. The smallest absolute Gasteiger partial charge is 0.224 e. The first-order valence-electron chi connectivity index (χ1n) is 9.56. The van der Waals surface area contributed by atoms with Crippen LogP contribution in [0.15, 0.2) is 67.3 Å². The van der Waals surface area contributed by atoms with Gasteiger partial charge in [0.25, 0.3) is 0 Å². The third-order valence-electron chi connectivity index (χ3n) is 5.30. The van der Waals surface area contributed by atoms with Crippen LogP contribution < -0.4 is 5.32 Å². The summed E-state index contributed by atoms with van der Waals surface area (Å²) in [6.45, 7) is 0. The van der Waals surface area contributed by atoms with E-state index in [1.54, 1.807) is 12.7 Å². The highest BCUT2D eigenvalue weighted by molar-refractivity contribution is 5.79. The number of amides is 1. The highest BCUT2D eigenvalue weighted by Gasteiger charge is 2.23. The zero-order chi connectivity index (χ0) is 18.5. The molecule has 1 heterocycles. The topological polar surface area (TPSA) is 59.8 Å². The molecule has 5 nitrogen and oxygen atoms in total. The first-order valence-corrected chi connectivity index (χ1v) is 9.56. The van der Waals surface area contributed by atoms with Crippen molar-refractivity contribution in [1.82, 2.24) is 20.1 Å². The molecule has 27 heavy (non-hydrogen) atoms. The van der Waals surface area contributed by atoms with Crippen molar-refractivity contribution >= 4 is 5.91 Å². The number of hydrogen-bond acceptors (Lipinski definition) is 3. The van der Waals surface area contributed by atoms with Gasteiger partial charge in [0.2, 0.25) is 5.91 Å². The highest BCUT2D eigenvalue weighted by atomic mass is 16.1. The number of carbonyl (C=O) groups excluding carboxylic acids is 1. The summed E-state index contributed by atoms with van der Waals surface area (Å²) in [5.41, 5.74) is 3.41. The van der Waals surface area contributed by atoms with E-state index in [1.807, 2.05) is 35.0 Å². The molecule has 0 unspecified atom stereocenters. The second-order valence-corrected chi connectivity index (χ2v) is 7.19. The molecule has 0 bridgehead atoms. The lowest BCUT2D eigenvalue weighted by Gasteiger charge is -2.29. The molecule has 3 aromatic rings. The minimum Gasteiger partial charge on any atom is -0.353 e. The number of rotatable bonds is 5. The molecule has 1 aliphatic rings. The second kappa shape index (κ2) is 8.16. The maximum absolute atomic E-state index is 12.4. The summed E-state index contributed by atoms with van der Waals surface area (Å²) in [6, 6.07) is 19.2. The van der Waals surface area contributed by atoms with Crippen molar-refractivity contribution in [1.29, 1.82) is 0 Å². The summed E-state index contributed by atoms with van der Waals surface area (Å²) in [5.74, 6) is 0.103. The number of benzene rings is 2. The SMILES string of the molecule is O=C(Cc1ccc(-c2ccccc2)cc1)NC1CCC(n2cncn2)CC1. The van der Waals surface area contributed by atoms with Crippen molar-refractivity contribution in [3.63, 3.8) is 0 Å². The zero-order valence-electron chi connectivity index (χ0n) is 15.3. The minimum absolute atomic E-state index is 0.103. The molecule has 2 aromatic carbocycles. The molecule has 1 amide bonds. The highest BCUT2D eigenvalue weighted by Crippen LogP contribution is 2.27. The summed E-state index contributed by atoms with van der Waals surface area (Å²) in [4.78, 5) is 16.4. The van der Waals surface area contributed by atoms with Gasteiger partial charge in [-0.05, 0) is 42.4 Å². The minimum atomic E-state index is 0.103. The van der Waals surface area contributed by atoms with Crippen LogP contribution >= 0.6 is 0 Å². The normalized spacial score (nSPS) is 19.6. The van der Waals surface area contributed by atoms with Crippen molar-refractivity contribution in [2.24, 2.45) is 0 Å². The Morgan fingerprint density at radius 2 is 1.67 bits per heavy atom. The molecule has 5 heteroatoms. The summed E-state index contributed by atoms with van der Waals surface area (Å²) in [6.07, 6.45) is 7.82. The Labute approximate surface area is 159 Å². The third-order valence-corrected chi connectivity index (χ3v) is 5.30. The van der Waals surface area contributed by atoms with Crippen molar-refractivity contribution in [3.8, 4) is 11.1 Å². The van der Waals surface area contributed by atoms with E-state index in [9.17, 15) is 4.79 Å². The number of carbonyl (C=O) groups is 1. The molecule has 0 spiro atoms. The Hall–Kier alpha value is -2.95. The third kappa shape index (κ3) is 4.42. The summed E-state index contributed by atoms with van der Waals surface area (Å²) in [7, 11) is 0. The van der Waals surface area contributed by atoms with Gasteiger partial charge in [-0.3, -0.25) is 4.79 Å². The van der Waals surface area contributed by atoms with Gasteiger partial charge in [0, 0.05) is 6.04 Å². The number of nitrogens with zero attached hydrogens (tertiary/aromatic N) is 3. The van der Waals surface area contributed by atoms with Crippen LogP contribution in [0.5, 0.6) is 0 Å². The Kier molecular flexibility index (Phi) is 5.28. The van der Waals surface area contributed by atoms with Gasteiger partial charge in [-0.15, -0.1) is 0 Å². The lowest BCUT2D eigenvalue weighted by atomic mass is 9.91. The standard InChI is InChI=1S/C22H24N4O/c27-22(25-20-10-12-21(13-11-20)26-16-23-15-24-26)14-17-6-8-19(9-7-17)18-4-2-1-3-5-18/h1-9,15-16,20-21H,10-14H2,(H,25,27). The monoisotopic (exact) mass is 360 g/mol. The fourth-order valence-electron chi connectivity index (χ4n) is 3.80. The summed E-state index contributed by atoms with van der Waals surface area (Å²) >= 11 is 0. The Bertz CT molecular complexity index is 851. The lowest BCUT2D eigenvalue weighted by molar-refractivity contribution is -0.121. The maximum Gasteiger partial charge on any atom is 0.224 e. The van der Waals surface area contributed by atoms with Gasteiger partial charge in [-0.1, -0.05) is 54.6 Å². The molecular formula is C22H24N4O. The van der Waals surface area contributed by atoms with Gasteiger partial charge in [-0.2, -0.15) is 5.10 Å². The molecule has 138 valence electrons. The molecule has 1 N–H and O–H groups in total. The van der Waals surface area contributed by atoms with E-state index < -0.39 is 0 Å². The molecule has 0 saturated heterocycles. The lowest BCUT2D eigenvalue weighted by Crippen LogP contribution is -2.38. The molecule has 1 saturated carbocycles. The van der Waals surface area contributed by atoms with Crippen LogP contribution in [-0.2, 0) is 11.2 Å². The number of hydrogen-bond donors (Lipinski definition) is 1. The van der Waals surface area contributed by atoms with E-state index in [0.717, 1.165) is 31.2 Å². The first-order chi connectivity index (χ1) is 13.3. The van der Waals surface area contributed by atoms with E-state index in [0.29, 0.717) is 12.5 Å². The van der Waals surface area contributed by atoms with Gasteiger partial charge in [-0.25, -0.2) is 9.67 Å². The van der Waals surface area contributed by atoms with E-state index in [4.69, 9.17) is 0 Å². The quantitative estimate of drug-likeness (QED) is 0.753. The fourth-order valence-corrected chi connectivity index (χ4v) is 3.80. The molecule has 1 aliphatic carbocycles. The van der Waals surface area contributed by atoms with Crippen LogP contribution in [0.25, 0.3) is 11.1 Å². The fraction of sp³-hybridized carbons (Fsp3) is 0.318. The van der Waals surface area contributed by atoms with Gasteiger partial charge in [0.1, 0.15) is 12.7 Å². The van der Waals surface area contributed by atoms with Crippen LogP contribution in [-0.4, -0.2) is 26.7 Å². The van der Waals surface area contributed by atoms with Crippen LogP contribution in [0.4, 0.5) is 0 Å². The molecule has 4 rings (SSSR count). The second-order valence-electron chi connectivity index (χ2n) is 7.19. The zero-order valence-corrected chi connectivity index (χ0v) is 15.3. The van der Waals surface area contributed by atoms with E-state index >= 15 is 0 Å². The molecule has 1 aromatic heterocycles. The van der Waals surface area contributed by atoms with Crippen LogP contribution in [0, 0.1) is 0 Å². The van der Waals surface area contributed by atoms with E-state index in [2.05, 4.69) is 39.7 Å². The predicted molar refractivity (Wildman–Crippen MR) is 105 cm³/mol. The Balaban J connectivity index is 1.27. The van der Waals surface area contributed by atoms with Gasteiger partial charge in [0.15, 0.2) is 0 Å². The predicted octanol–water partition coefficient (Wildman–Crippen LogP) is 3.79. The summed E-state index contributed by atoms with van der Waals surface area (Å²) < 4.78 is 1.94. The Morgan fingerprint density at radius 1 is 0.963 bits per heavy atom. The van der Waals surface area contributed by atoms with Crippen molar-refractivity contribution < 1.29 is 4.79 Å². The Morgan fingerprint density at radius 3 is 2.33 bits per heavy atom. The van der Waals surface area contributed by atoms with Crippen molar-refractivity contribution in [3.05, 3.63) is 72.8 Å². The van der Waals surface area contributed by atoms with Crippen molar-refractivity contribution in [2.45, 2.75) is 44.2 Å². The van der Waals surface area contributed by atoms with Crippen molar-refractivity contribution in [2.75, 3.05) is 0 Å². The van der Waals surface area contributed by atoms with Gasteiger partial charge >= 0.3 is 0 Å². The number of aromatic nitrogens is 3. The van der Waals surface area contributed by atoms with Crippen LogP contribution in [0.2, 0.25) is 0 Å². The molecule has 0 aliphatic heterocycles. The molecule has 0 atom stereocenters. The van der Waals surface area contributed by atoms with Crippen LogP contribution in [0.1, 0.15) is 37.3 Å². The molecule has 1 fully saturated rings. The summed E-state index contributed by atoms with van der Waals surface area (Å²) in [5, 5.41) is 7.42. The average molecular weight is 360 g/mol. The molecular weight excluding hydrogens is 336 g/mol. The van der Waals surface area contributed by atoms with Crippen LogP contribution in [0.3, 0.4) is 0 Å². The van der Waals surface area contributed by atoms with Gasteiger partial charge < -0.3 is 5.32 Å². The maximum atomic E-state index is 12.4. The van der Waals surface area contributed by atoms with Gasteiger partial charge in [0.05, 0.1) is 12.5 Å². The van der Waals surface area contributed by atoms with E-state index in [-0.39, 0.29) is 11.9 Å². The average Bonchev–Trinajstić information content (AvgIpc) is 3.25. The number of nitrogens with one attached hydrogen (secondary N) is 1. The largest absolute Gasteiger partial charge is 0.353 e. The molecule has 0 radical (unpaired) electrons.